The molecule has 0 bridgehead atoms. The van der Waals surface area contributed by atoms with Crippen LogP contribution >= 0.6 is 27.3 Å². The molecule has 5 heteroatoms. The van der Waals surface area contributed by atoms with Crippen molar-refractivity contribution in [3.8, 4) is 16.2 Å². The van der Waals surface area contributed by atoms with Gasteiger partial charge in [-0.3, -0.25) is 4.79 Å². The monoisotopic (exact) mass is 429 g/mol. The first-order chi connectivity index (χ1) is 12.6. The molecule has 0 radical (unpaired) electrons. The van der Waals surface area contributed by atoms with Crippen LogP contribution in [0.15, 0.2) is 65.1 Å². The first-order valence-electron chi connectivity index (χ1n) is 8.46. The molecular formula is C21H20BrNO2S. The van der Waals surface area contributed by atoms with Crippen LogP contribution in [0.25, 0.3) is 10.4 Å². The summed E-state index contributed by atoms with van der Waals surface area (Å²) in [6.45, 7) is 4.61. The molecule has 0 aliphatic rings. The minimum atomic E-state index is -0.0531. The first-order valence-corrected chi connectivity index (χ1v) is 10.1. The number of carbonyl (C=O) groups excluding carboxylic acids is 1. The van der Waals surface area contributed by atoms with E-state index in [9.17, 15) is 4.79 Å². The van der Waals surface area contributed by atoms with E-state index in [-0.39, 0.29) is 11.9 Å². The summed E-state index contributed by atoms with van der Waals surface area (Å²) in [7, 11) is 0. The third-order valence-corrected chi connectivity index (χ3v) is 5.66. The molecule has 1 heterocycles. The van der Waals surface area contributed by atoms with Crippen LogP contribution in [0.1, 0.15) is 35.1 Å². The molecular weight excluding hydrogens is 410 g/mol. The molecule has 0 unspecified atom stereocenters. The molecule has 26 heavy (non-hydrogen) atoms. The van der Waals surface area contributed by atoms with Crippen LogP contribution in [0.3, 0.4) is 0 Å². The average Bonchev–Trinajstić information content (AvgIpc) is 3.13. The molecule has 134 valence electrons. The summed E-state index contributed by atoms with van der Waals surface area (Å²) >= 11 is 4.92. The zero-order valence-electron chi connectivity index (χ0n) is 14.7. The van der Waals surface area contributed by atoms with Crippen molar-refractivity contribution in [2.24, 2.45) is 0 Å². The van der Waals surface area contributed by atoms with Gasteiger partial charge in [-0.25, -0.2) is 0 Å². The minimum Gasteiger partial charge on any atom is -0.494 e. The molecule has 2 aromatic carbocycles. The Morgan fingerprint density at radius 2 is 1.77 bits per heavy atom. The number of halogens is 1. The highest BCUT2D eigenvalue weighted by Gasteiger charge is 2.14. The number of rotatable bonds is 6. The average molecular weight is 430 g/mol. The van der Waals surface area contributed by atoms with Crippen LogP contribution in [-0.2, 0) is 0 Å². The van der Waals surface area contributed by atoms with Gasteiger partial charge in [0.05, 0.1) is 17.5 Å². The molecule has 0 saturated heterocycles. The van der Waals surface area contributed by atoms with Crippen molar-refractivity contribution < 1.29 is 9.53 Å². The van der Waals surface area contributed by atoms with Crippen LogP contribution in [0.2, 0.25) is 0 Å². The van der Waals surface area contributed by atoms with E-state index in [1.54, 1.807) is 0 Å². The molecule has 0 spiro atoms. The standard InChI is InChI=1S/C21H20BrNO2S/c1-3-25-18-10-6-16(7-11-18)19-12-13-20(26-19)21(24)23-14(2)15-4-8-17(22)9-5-15/h4-14H,3H2,1-2H3,(H,23,24)/t14-/m1/s1. The number of nitrogens with one attached hydrogen (secondary N) is 1. The Labute approximate surface area is 166 Å². The van der Waals surface area contributed by atoms with Crippen molar-refractivity contribution >= 4 is 33.2 Å². The van der Waals surface area contributed by atoms with Crippen molar-refractivity contribution in [2.75, 3.05) is 6.61 Å². The molecule has 1 N–H and O–H groups in total. The number of benzene rings is 2. The normalized spacial score (nSPS) is 11.8. The smallest absolute Gasteiger partial charge is 0.261 e. The Morgan fingerprint density at radius 1 is 1.08 bits per heavy atom. The molecule has 3 nitrogen and oxygen atoms in total. The molecule has 3 aromatic rings. The van der Waals surface area contributed by atoms with Gasteiger partial charge >= 0.3 is 0 Å². The van der Waals surface area contributed by atoms with E-state index in [1.807, 2.05) is 74.5 Å². The Hall–Kier alpha value is -2.11. The maximum atomic E-state index is 12.5. The highest BCUT2D eigenvalue weighted by molar-refractivity contribution is 9.10. The Kier molecular flexibility index (Phi) is 6.12. The number of thiophene rings is 1. The van der Waals surface area contributed by atoms with Crippen LogP contribution in [0, 0.1) is 0 Å². The number of hydrogen-bond donors (Lipinski definition) is 1. The highest BCUT2D eigenvalue weighted by atomic mass is 79.9. The van der Waals surface area contributed by atoms with Gasteiger partial charge in [0.15, 0.2) is 0 Å². The first kappa shape index (κ1) is 18.7. The maximum Gasteiger partial charge on any atom is 0.261 e. The zero-order valence-corrected chi connectivity index (χ0v) is 17.1. The van der Waals surface area contributed by atoms with Gasteiger partial charge in [0.2, 0.25) is 0 Å². The van der Waals surface area contributed by atoms with Crippen molar-refractivity contribution in [3.63, 3.8) is 0 Å². The van der Waals surface area contributed by atoms with Crippen molar-refractivity contribution in [1.82, 2.24) is 5.32 Å². The molecule has 1 amide bonds. The third kappa shape index (κ3) is 4.54. The van der Waals surface area contributed by atoms with Crippen LogP contribution in [0.5, 0.6) is 5.75 Å². The molecule has 0 aliphatic carbocycles. The maximum absolute atomic E-state index is 12.5. The molecule has 1 aromatic heterocycles. The zero-order chi connectivity index (χ0) is 18.5. The van der Waals surface area contributed by atoms with Crippen molar-refractivity contribution in [3.05, 3.63) is 75.6 Å². The van der Waals surface area contributed by atoms with Gasteiger partial charge in [-0.1, -0.05) is 28.1 Å². The predicted octanol–water partition coefficient (Wildman–Crippen LogP) is 6.07. The fourth-order valence-corrected chi connectivity index (χ4v) is 3.78. The number of ether oxygens (including phenoxy) is 1. The van der Waals surface area contributed by atoms with E-state index in [2.05, 4.69) is 21.2 Å². The van der Waals surface area contributed by atoms with Gasteiger partial charge in [0, 0.05) is 9.35 Å². The lowest BCUT2D eigenvalue weighted by Gasteiger charge is -2.13. The van der Waals surface area contributed by atoms with E-state index in [4.69, 9.17) is 4.74 Å². The lowest BCUT2D eigenvalue weighted by Crippen LogP contribution is -2.25. The molecule has 0 fully saturated rings. The Morgan fingerprint density at radius 3 is 2.42 bits per heavy atom. The van der Waals surface area contributed by atoms with Crippen LogP contribution in [-0.4, -0.2) is 12.5 Å². The Bertz CT molecular complexity index is 872. The lowest BCUT2D eigenvalue weighted by molar-refractivity contribution is 0.0944. The second-order valence-corrected chi connectivity index (χ2v) is 7.87. The highest BCUT2D eigenvalue weighted by Crippen LogP contribution is 2.30. The fraction of sp³-hybridized carbons (Fsp3) is 0.190. The van der Waals surface area contributed by atoms with Gasteiger partial charge in [-0.2, -0.15) is 0 Å². The van der Waals surface area contributed by atoms with Gasteiger partial charge in [-0.05, 0) is 73.5 Å². The van der Waals surface area contributed by atoms with E-state index >= 15 is 0 Å². The topological polar surface area (TPSA) is 38.3 Å². The van der Waals surface area contributed by atoms with E-state index in [1.165, 1.54) is 11.3 Å². The summed E-state index contributed by atoms with van der Waals surface area (Å²) < 4.78 is 6.50. The van der Waals surface area contributed by atoms with Gasteiger partial charge in [0.1, 0.15) is 5.75 Å². The van der Waals surface area contributed by atoms with Crippen molar-refractivity contribution in [2.45, 2.75) is 19.9 Å². The quantitative estimate of drug-likeness (QED) is 0.516. The third-order valence-electron chi connectivity index (χ3n) is 4.00. The number of hydrogen-bond acceptors (Lipinski definition) is 3. The van der Waals surface area contributed by atoms with E-state index < -0.39 is 0 Å². The van der Waals surface area contributed by atoms with Gasteiger partial charge in [-0.15, -0.1) is 11.3 Å². The molecule has 0 saturated carbocycles. The lowest BCUT2D eigenvalue weighted by atomic mass is 10.1. The number of amides is 1. The largest absolute Gasteiger partial charge is 0.494 e. The van der Waals surface area contributed by atoms with Gasteiger partial charge < -0.3 is 10.1 Å². The second-order valence-electron chi connectivity index (χ2n) is 5.87. The summed E-state index contributed by atoms with van der Waals surface area (Å²) in [5, 5.41) is 3.06. The fourth-order valence-electron chi connectivity index (χ4n) is 2.60. The number of carbonyl (C=O) groups is 1. The van der Waals surface area contributed by atoms with E-state index in [0.29, 0.717) is 11.5 Å². The van der Waals surface area contributed by atoms with Crippen LogP contribution in [0.4, 0.5) is 0 Å². The van der Waals surface area contributed by atoms with Crippen LogP contribution < -0.4 is 10.1 Å². The minimum absolute atomic E-state index is 0.0494. The summed E-state index contributed by atoms with van der Waals surface area (Å²) in [5.74, 6) is 0.803. The summed E-state index contributed by atoms with van der Waals surface area (Å²) in [5.41, 5.74) is 2.16. The van der Waals surface area contributed by atoms with Gasteiger partial charge in [0.25, 0.3) is 5.91 Å². The molecule has 3 rings (SSSR count). The van der Waals surface area contributed by atoms with Crippen molar-refractivity contribution in [1.29, 1.82) is 0 Å². The summed E-state index contributed by atoms with van der Waals surface area (Å²) in [6.07, 6.45) is 0. The predicted molar refractivity (Wildman–Crippen MR) is 111 cm³/mol. The second kappa shape index (κ2) is 8.52. The Balaban J connectivity index is 1.68. The summed E-state index contributed by atoms with van der Waals surface area (Å²) in [6, 6.07) is 19.7. The SMILES string of the molecule is CCOc1ccc(-c2ccc(C(=O)N[C@H](C)c3ccc(Br)cc3)s2)cc1. The summed E-state index contributed by atoms with van der Waals surface area (Å²) in [4.78, 5) is 14.3. The van der Waals surface area contributed by atoms with E-state index in [0.717, 1.165) is 26.2 Å². The molecule has 1 atom stereocenters. The molecule has 0 aliphatic heterocycles.